The number of nitrogen functional groups attached to an aromatic ring is 1. The molecule has 1 aliphatic carbocycles. The summed E-state index contributed by atoms with van der Waals surface area (Å²) in [5.74, 6) is 1.32. The molecule has 0 amide bonds. The molecule has 1 heterocycles. The zero-order chi connectivity index (χ0) is 10.7. The third-order valence-corrected chi connectivity index (χ3v) is 3.40. The van der Waals surface area contributed by atoms with E-state index < -0.39 is 0 Å². The van der Waals surface area contributed by atoms with E-state index in [2.05, 4.69) is 9.55 Å². The van der Waals surface area contributed by atoms with E-state index in [-0.39, 0.29) is 0 Å². The Morgan fingerprint density at radius 1 is 1.40 bits per heavy atom. The van der Waals surface area contributed by atoms with Crippen molar-refractivity contribution in [1.82, 2.24) is 9.55 Å². The molecule has 0 radical (unpaired) electrons. The van der Waals surface area contributed by atoms with Crippen molar-refractivity contribution in [2.24, 2.45) is 5.92 Å². The first-order valence-corrected chi connectivity index (χ1v) is 5.69. The Balaban J connectivity index is 1.88. The lowest BCUT2D eigenvalue weighted by molar-refractivity contribution is 0.207. The van der Waals surface area contributed by atoms with Crippen LogP contribution in [0.5, 0.6) is 0 Å². The highest BCUT2D eigenvalue weighted by molar-refractivity contribution is 5.22. The lowest BCUT2D eigenvalue weighted by Gasteiger charge is -2.28. The minimum absolute atomic E-state index is 0.327. The Bertz CT molecular complexity index is 303. The van der Waals surface area contributed by atoms with Gasteiger partial charge < -0.3 is 15.4 Å². The van der Waals surface area contributed by atoms with Gasteiger partial charge in [0.1, 0.15) is 5.82 Å². The van der Waals surface area contributed by atoms with Crippen LogP contribution in [0.3, 0.4) is 0 Å². The Morgan fingerprint density at radius 2 is 2.13 bits per heavy atom. The number of nitrogens with zero attached hydrogens (tertiary/aromatic N) is 2. The Morgan fingerprint density at radius 3 is 2.67 bits per heavy atom. The van der Waals surface area contributed by atoms with Crippen LogP contribution in [0.25, 0.3) is 0 Å². The lowest BCUT2D eigenvalue weighted by Crippen LogP contribution is -2.18. The normalized spacial score (nSPS) is 26.7. The maximum atomic E-state index is 8.87. The Kier molecular flexibility index (Phi) is 3.26. The van der Waals surface area contributed by atoms with Gasteiger partial charge in [-0.3, -0.25) is 0 Å². The predicted octanol–water partition coefficient (Wildman–Crippen LogP) is 1.58. The number of hydrogen-bond acceptors (Lipinski definition) is 3. The third-order valence-electron chi connectivity index (χ3n) is 3.40. The van der Waals surface area contributed by atoms with E-state index in [4.69, 9.17) is 10.8 Å². The van der Waals surface area contributed by atoms with Gasteiger partial charge in [-0.25, -0.2) is 4.98 Å². The summed E-state index contributed by atoms with van der Waals surface area (Å²) < 4.78 is 2.13. The summed E-state index contributed by atoms with van der Waals surface area (Å²) in [7, 11) is 0. The maximum absolute atomic E-state index is 8.87. The number of nitrogens with two attached hydrogens (primary N) is 1. The number of anilines is 1. The molecule has 0 unspecified atom stereocenters. The SMILES string of the molecule is Nc1cn(C2CCC(CCO)CC2)cn1. The average Bonchev–Trinajstić information content (AvgIpc) is 2.67. The highest BCUT2D eigenvalue weighted by Crippen LogP contribution is 2.33. The number of aromatic nitrogens is 2. The van der Waals surface area contributed by atoms with Gasteiger partial charge in [0.05, 0.1) is 6.33 Å². The van der Waals surface area contributed by atoms with Gasteiger partial charge in [0.25, 0.3) is 0 Å². The molecular weight excluding hydrogens is 190 g/mol. The third kappa shape index (κ3) is 2.50. The molecule has 1 aliphatic rings. The van der Waals surface area contributed by atoms with Crippen molar-refractivity contribution in [3.05, 3.63) is 12.5 Å². The van der Waals surface area contributed by atoms with Gasteiger partial charge in [0, 0.05) is 18.8 Å². The molecule has 1 aromatic rings. The van der Waals surface area contributed by atoms with Gasteiger partial charge in [-0.2, -0.15) is 0 Å². The molecule has 2 rings (SSSR count). The van der Waals surface area contributed by atoms with Crippen molar-refractivity contribution in [2.45, 2.75) is 38.1 Å². The highest BCUT2D eigenvalue weighted by Gasteiger charge is 2.21. The Hall–Kier alpha value is -1.03. The van der Waals surface area contributed by atoms with Crippen molar-refractivity contribution in [3.8, 4) is 0 Å². The van der Waals surface area contributed by atoms with Gasteiger partial charge in [-0.15, -0.1) is 0 Å². The van der Waals surface area contributed by atoms with Gasteiger partial charge in [0.15, 0.2) is 0 Å². The number of imidazole rings is 1. The first-order chi connectivity index (χ1) is 7.29. The second kappa shape index (κ2) is 4.66. The van der Waals surface area contributed by atoms with Crippen molar-refractivity contribution >= 4 is 5.82 Å². The van der Waals surface area contributed by atoms with Crippen LogP contribution in [-0.4, -0.2) is 21.3 Å². The van der Waals surface area contributed by atoms with E-state index >= 15 is 0 Å². The molecule has 0 aliphatic heterocycles. The molecular formula is C11H19N3O. The molecule has 4 nitrogen and oxygen atoms in total. The summed E-state index contributed by atoms with van der Waals surface area (Å²) in [4.78, 5) is 4.05. The molecule has 1 saturated carbocycles. The molecule has 15 heavy (non-hydrogen) atoms. The molecule has 1 aromatic heterocycles. The zero-order valence-electron chi connectivity index (χ0n) is 8.97. The van der Waals surface area contributed by atoms with Crippen LogP contribution in [0, 0.1) is 5.92 Å². The highest BCUT2D eigenvalue weighted by atomic mass is 16.3. The monoisotopic (exact) mass is 209 g/mol. The smallest absolute Gasteiger partial charge is 0.141 e. The van der Waals surface area contributed by atoms with Crippen molar-refractivity contribution in [3.63, 3.8) is 0 Å². The fourth-order valence-corrected chi connectivity index (χ4v) is 2.47. The van der Waals surface area contributed by atoms with E-state index in [0.717, 1.165) is 6.42 Å². The van der Waals surface area contributed by atoms with E-state index in [9.17, 15) is 0 Å². The van der Waals surface area contributed by atoms with Crippen LogP contribution in [0.2, 0.25) is 0 Å². The van der Waals surface area contributed by atoms with Gasteiger partial charge >= 0.3 is 0 Å². The predicted molar refractivity (Wildman–Crippen MR) is 59.3 cm³/mol. The molecule has 0 saturated heterocycles. The molecule has 84 valence electrons. The van der Waals surface area contributed by atoms with E-state index in [0.29, 0.717) is 24.4 Å². The zero-order valence-corrected chi connectivity index (χ0v) is 8.97. The summed E-state index contributed by atoms with van der Waals surface area (Å²) in [6, 6.07) is 0.560. The Labute approximate surface area is 90.1 Å². The largest absolute Gasteiger partial charge is 0.396 e. The van der Waals surface area contributed by atoms with Crippen LogP contribution >= 0.6 is 0 Å². The van der Waals surface area contributed by atoms with E-state index in [1.54, 1.807) is 0 Å². The molecule has 0 atom stereocenters. The first-order valence-electron chi connectivity index (χ1n) is 5.69. The minimum Gasteiger partial charge on any atom is -0.396 e. The lowest BCUT2D eigenvalue weighted by atomic mass is 9.84. The molecule has 0 aromatic carbocycles. The van der Waals surface area contributed by atoms with Gasteiger partial charge in [0.2, 0.25) is 0 Å². The van der Waals surface area contributed by atoms with Gasteiger partial charge in [-0.1, -0.05) is 0 Å². The van der Waals surface area contributed by atoms with Crippen molar-refractivity contribution in [1.29, 1.82) is 0 Å². The molecule has 4 heteroatoms. The average molecular weight is 209 g/mol. The van der Waals surface area contributed by atoms with Crippen LogP contribution in [0.15, 0.2) is 12.5 Å². The molecule has 1 fully saturated rings. The standard InChI is InChI=1S/C11H19N3O/c12-11-7-14(8-13-11)10-3-1-9(2-4-10)5-6-15/h7-10,15H,1-6,12H2. The summed E-state index contributed by atoms with van der Waals surface area (Å²) in [5, 5.41) is 8.87. The molecule has 0 spiro atoms. The minimum atomic E-state index is 0.327. The molecule has 0 bridgehead atoms. The van der Waals surface area contributed by atoms with Crippen LogP contribution in [-0.2, 0) is 0 Å². The fourth-order valence-electron chi connectivity index (χ4n) is 2.47. The fraction of sp³-hybridized carbons (Fsp3) is 0.727. The van der Waals surface area contributed by atoms with E-state index in [1.807, 2.05) is 12.5 Å². The maximum Gasteiger partial charge on any atom is 0.141 e. The summed E-state index contributed by atoms with van der Waals surface area (Å²) in [6.45, 7) is 0.327. The number of aliphatic hydroxyl groups is 1. The van der Waals surface area contributed by atoms with Crippen LogP contribution in [0.1, 0.15) is 38.1 Å². The summed E-state index contributed by atoms with van der Waals surface area (Å²) in [5.41, 5.74) is 5.60. The topological polar surface area (TPSA) is 64.1 Å². The van der Waals surface area contributed by atoms with E-state index in [1.165, 1.54) is 25.7 Å². The molecule has 3 N–H and O–H groups in total. The number of hydrogen-bond donors (Lipinski definition) is 2. The van der Waals surface area contributed by atoms with Crippen LogP contribution in [0.4, 0.5) is 5.82 Å². The second-order valence-corrected chi connectivity index (χ2v) is 4.43. The van der Waals surface area contributed by atoms with Crippen molar-refractivity contribution in [2.75, 3.05) is 12.3 Å². The summed E-state index contributed by atoms with van der Waals surface area (Å²) in [6.07, 6.45) is 9.48. The van der Waals surface area contributed by atoms with Crippen LogP contribution < -0.4 is 5.73 Å². The van der Waals surface area contributed by atoms with Crippen molar-refractivity contribution < 1.29 is 5.11 Å². The second-order valence-electron chi connectivity index (χ2n) is 4.43. The summed E-state index contributed by atoms with van der Waals surface area (Å²) >= 11 is 0. The first kappa shape index (κ1) is 10.5. The van der Waals surface area contributed by atoms with Gasteiger partial charge in [-0.05, 0) is 38.0 Å². The number of rotatable bonds is 3. The number of aliphatic hydroxyl groups excluding tert-OH is 1. The quantitative estimate of drug-likeness (QED) is 0.794.